The Morgan fingerprint density at radius 2 is 2.09 bits per heavy atom. The Hall–Kier alpha value is 0.250. The molecule has 2 unspecified atom stereocenters. The average Bonchev–Trinajstić information content (AvgIpc) is 1.94. The molecule has 1 saturated heterocycles. The van der Waals surface area contributed by atoms with Gasteiger partial charge in [-0.15, -0.1) is 11.6 Å². The predicted molar refractivity (Wildman–Crippen MR) is 50.1 cm³/mol. The molecule has 1 rings (SSSR count). The van der Waals surface area contributed by atoms with E-state index in [-0.39, 0.29) is 0 Å². The van der Waals surface area contributed by atoms with Crippen LogP contribution in [0.3, 0.4) is 0 Å². The van der Waals surface area contributed by atoms with E-state index in [1.165, 1.54) is 13.0 Å². The monoisotopic (exact) mass is 175 g/mol. The fraction of sp³-hybridized carbons (Fsp3) is 1.00. The Morgan fingerprint density at radius 1 is 1.45 bits per heavy atom. The van der Waals surface area contributed by atoms with Gasteiger partial charge in [0.25, 0.3) is 0 Å². The number of halogens is 1. The van der Waals surface area contributed by atoms with E-state index in [1.54, 1.807) is 0 Å². The van der Waals surface area contributed by atoms with Gasteiger partial charge in [-0.05, 0) is 32.7 Å². The summed E-state index contributed by atoms with van der Waals surface area (Å²) in [6.07, 6.45) is 1.26. The summed E-state index contributed by atoms with van der Waals surface area (Å²) < 4.78 is 0. The molecule has 0 aromatic carbocycles. The van der Waals surface area contributed by atoms with Gasteiger partial charge >= 0.3 is 0 Å². The van der Waals surface area contributed by atoms with Crippen LogP contribution in [0, 0.1) is 5.92 Å². The van der Waals surface area contributed by atoms with Crippen molar-refractivity contribution in [2.75, 3.05) is 13.1 Å². The van der Waals surface area contributed by atoms with Crippen LogP contribution in [0.15, 0.2) is 0 Å². The molecule has 0 amide bonds. The maximum absolute atomic E-state index is 6.16. The first-order valence-electron chi connectivity index (χ1n) is 4.49. The van der Waals surface area contributed by atoms with Crippen LogP contribution < -0.4 is 0 Å². The molecule has 0 radical (unpaired) electrons. The van der Waals surface area contributed by atoms with Crippen molar-refractivity contribution in [1.82, 2.24) is 4.90 Å². The first kappa shape index (κ1) is 9.34. The molecule has 2 atom stereocenters. The number of likely N-dealkylation sites (tertiary alicyclic amines) is 1. The van der Waals surface area contributed by atoms with Crippen LogP contribution in [0.25, 0.3) is 0 Å². The first-order chi connectivity index (χ1) is 5.11. The second-order valence-electron chi connectivity index (χ2n) is 3.87. The standard InChI is InChI=1S/C9H18ClN/c1-7(2)11-5-4-8(3)9(10)6-11/h7-9H,4-6H2,1-3H3. The molecule has 0 aromatic heterocycles. The molecule has 0 saturated carbocycles. The van der Waals surface area contributed by atoms with Gasteiger partial charge in [0.05, 0.1) is 0 Å². The average molecular weight is 176 g/mol. The minimum Gasteiger partial charge on any atom is -0.299 e. The zero-order chi connectivity index (χ0) is 8.43. The molecule has 1 nitrogen and oxygen atoms in total. The van der Waals surface area contributed by atoms with Crippen LogP contribution in [0.4, 0.5) is 0 Å². The van der Waals surface area contributed by atoms with Crippen molar-refractivity contribution >= 4 is 11.6 Å². The van der Waals surface area contributed by atoms with E-state index in [9.17, 15) is 0 Å². The molecule has 66 valence electrons. The number of nitrogens with zero attached hydrogens (tertiary/aromatic N) is 1. The van der Waals surface area contributed by atoms with Crippen molar-refractivity contribution in [3.63, 3.8) is 0 Å². The number of hydrogen-bond acceptors (Lipinski definition) is 1. The zero-order valence-electron chi connectivity index (χ0n) is 7.68. The van der Waals surface area contributed by atoms with Crippen molar-refractivity contribution in [3.05, 3.63) is 0 Å². The van der Waals surface area contributed by atoms with E-state index in [4.69, 9.17) is 11.6 Å². The molecule has 11 heavy (non-hydrogen) atoms. The van der Waals surface area contributed by atoms with E-state index in [0.29, 0.717) is 17.3 Å². The Labute approximate surface area is 74.7 Å². The summed E-state index contributed by atoms with van der Waals surface area (Å²) >= 11 is 6.16. The van der Waals surface area contributed by atoms with Crippen LogP contribution >= 0.6 is 11.6 Å². The highest BCUT2D eigenvalue weighted by Crippen LogP contribution is 2.22. The van der Waals surface area contributed by atoms with Gasteiger partial charge in [-0.3, -0.25) is 4.90 Å². The third kappa shape index (κ3) is 2.34. The fourth-order valence-electron chi connectivity index (χ4n) is 1.51. The third-order valence-electron chi connectivity index (χ3n) is 2.63. The Kier molecular flexibility index (Phi) is 3.20. The summed E-state index contributed by atoms with van der Waals surface area (Å²) in [5.41, 5.74) is 0. The van der Waals surface area contributed by atoms with Gasteiger partial charge in [-0.2, -0.15) is 0 Å². The van der Waals surface area contributed by atoms with Crippen LogP contribution in [0.5, 0.6) is 0 Å². The lowest BCUT2D eigenvalue weighted by Crippen LogP contribution is -2.43. The molecule has 1 aliphatic heterocycles. The predicted octanol–water partition coefficient (Wildman–Crippen LogP) is 2.34. The molecular formula is C9H18ClN. The minimum atomic E-state index is 0.367. The molecule has 0 N–H and O–H groups in total. The molecule has 0 spiro atoms. The highest BCUT2D eigenvalue weighted by molar-refractivity contribution is 6.21. The smallest absolute Gasteiger partial charge is 0.0489 e. The normalized spacial score (nSPS) is 34.6. The van der Waals surface area contributed by atoms with E-state index in [2.05, 4.69) is 25.7 Å². The van der Waals surface area contributed by atoms with Gasteiger partial charge in [-0.25, -0.2) is 0 Å². The molecule has 1 fully saturated rings. The summed E-state index contributed by atoms with van der Waals surface area (Å²) in [6, 6.07) is 0.656. The van der Waals surface area contributed by atoms with Gasteiger partial charge in [0.15, 0.2) is 0 Å². The van der Waals surface area contributed by atoms with Crippen molar-refractivity contribution in [1.29, 1.82) is 0 Å². The SMILES string of the molecule is CC1CCN(C(C)C)CC1Cl. The van der Waals surface area contributed by atoms with E-state index in [0.717, 1.165) is 6.54 Å². The van der Waals surface area contributed by atoms with Crippen molar-refractivity contribution in [2.24, 2.45) is 5.92 Å². The number of piperidine rings is 1. The van der Waals surface area contributed by atoms with Crippen molar-refractivity contribution < 1.29 is 0 Å². The maximum Gasteiger partial charge on any atom is 0.0489 e. The van der Waals surface area contributed by atoms with Gasteiger partial charge < -0.3 is 0 Å². The van der Waals surface area contributed by atoms with Gasteiger partial charge in [-0.1, -0.05) is 6.92 Å². The quantitative estimate of drug-likeness (QED) is 0.553. The molecule has 2 heteroatoms. The largest absolute Gasteiger partial charge is 0.299 e. The third-order valence-corrected chi connectivity index (χ3v) is 3.20. The lowest BCUT2D eigenvalue weighted by Gasteiger charge is -2.36. The Morgan fingerprint density at radius 3 is 2.55 bits per heavy atom. The topological polar surface area (TPSA) is 3.24 Å². The second kappa shape index (κ2) is 3.77. The summed E-state index contributed by atoms with van der Waals surface area (Å²) in [5.74, 6) is 0.701. The van der Waals surface area contributed by atoms with Crippen molar-refractivity contribution in [2.45, 2.75) is 38.6 Å². The molecular weight excluding hydrogens is 158 g/mol. The van der Waals surface area contributed by atoms with Crippen LogP contribution in [-0.2, 0) is 0 Å². The van der Waals surface area contributed by atoms with Crippen LogP contribution in [0.2, 0.25) is 0 Å². The van der Waals surface area contributed by atoms with E-state index in [1.807, 2.05) is 0 Å². The van der Waals surface area contributed by atoms with Gasteiger partial charge in [0.1, 0.15) is 0 Å². The summed E-state index contributed by atoms with van der Waals surface area (Å²) in [7, 11) is 0. The van der Waals surface area contributed by atoms with Gasteiger partial charge in [0, 0.05) is 18.0 Å². The Balaban J connectivity index is 2.40. The van der Waals surface area contributed by atoms with Crippen LogP contribution in [-0.4, -0.2) is 29.4 Å². The summed E-state index contributed by atoms with van der Waals surface area (Å²) in [5, 5.41) is 0.367. The summed E-state index contributed by atoms with van der Waals surface area (Å²) in [4.78, 5) is 2.46. The minimum absolute atomic E-state index is 0.367. The number of alkyl halides is 1. The molecule has 0 aromatic rings. The first-order valence-corrected chi connectivity index (χ1v) is 4.93. The highest BCUT2D eigenvalue weighted by Gasteiger charge is 2.25. The maximum atomic E-state index is 6.16. The number of hydrogen-bond donors (Lipinski definition) is 0. The van der Waals surface area contributed by atoms with Gasteiger partial charge in [0.2, 0.25) is 0 Å². The van der Waals surface area contributed by atoms with E-state index < -0.39 is 0 Å². The fourth-order valence-corrected chi connectivity index (χ4v) is 1.82. The molecule has 1 heterocycles. The summed E-state index contributed by atoms with van der Waals surface area (Å²) in [6.45, 7) is 9.01. The Bertz CT molecular complexity index is 125. The zero-order valence-corrected chi connectivity index (χ0v) is 8.43. The lowest BCUT2D eigenvalue weighted by molar-refractivity contribution is 0.159. The highest BCUT2D eigenvalue weighted by atomic mass is 35.5. The molecule has 0 bridgehead atoms. The number of rotatable bonds is 1. The second-order valence-corrected chi connectivity index (χ2v) is 4.43. The van der Waals surface area contributed by atoms with Crippen molar-refractivity contribution in [3.8, 4) is 0 Å². The lowest BCUT2D eigenvalue weighted by atomic mass is 9.98. The molecule has 0 aliphatic carbocycles. The molecule has 1 aliphatic rings. The van der Waals surface area contributed by atoms with E-state index >= 15 is 0 Å². The van der Waals surface area contributed by atoms with Crippen LogP contribution in [0.1, 0.15) is 27.2 Å².